The lowest BCUT2D eigenvalue weighted by Crippen LogP contribution is -2.43. The van der Waals surface area contributed by atoms with Crippen molar-refractivity contribution in [1.82, 2.24) is 5.32 Å². The van der Waals surface area contributed by atoms with E-state index in [1.807, 2.05) is 0 Å². The van der Waals surface area contributed by atoms with Crippen molar-refractivity contribution >= 4 is 11.8 Å². The molecule has 0 aromatic heterocycles. The smallest absolute Gasteiger partial charge is 0.0687 e. The lowest BCUT2D eigenvalue weighted by Gasteiger charge is -2.33. The summed E-state index contributed by atoms with van der Waals surface area (Å²) in [5, 5.41) is 3.34. The zero-order chi connectivity index (χ0) is 11.6. The number of ether oxygens (including phenoxy) is 1. The van der Waals surface area contributed by atoms with E-state index in [1.165, 1.54) is 69.5 Å². The molecule has 0 bridgehead atoms. The maximum absolute atomic E-state index is 6.39. The molecule has 1 spiro atoms. The van der Waals surface area contributed by atoms with Crippen LogP contribution < -0.4 is 5.32 Å². The van der Waals surface area contributed by atoms with E-state index in [0.29, 0.717) is 11.7 Å². The van der Waals surface area contributed by atoms with Gasteiger partial charge >= 0.3 is 0 Å². The van der Waals surface area contributed by atoms with Gasteiger partial charge < -0.3 is 10.1 Å². The SMILES string of the molecule is C1CCC2(CC1)CCC(CSCC1CNC1)O2. The van der Waals surface area contributed by atoms with Crippen LogP contribution in [0.15, 0.2) is 0 Å². The third-order valence-electron chi connectivity index (χ3n) is 4.63. The molecule has 0 aromatic rings. The minimum absolute atomic E-state index is 0.321. The molecule has 3 aliphatic rings. The Kier molecular flexibility index (Phi) is 3.98. The predicted molar refractivity (Wildman–Crippen MR) is 73.6 cm³/mol. The summed E-state index contributed by atoms with van der Waals surface area (Å²) in [6, 6.07) is 0. The molecule has 3 rings (SSSR count). The van der Waals surface area contributed by atoms with E-state index in [2.05, 4.69) is 17.1 Å². The van der Waals surface area contributed by atoms with Gasteiger partial charge in [-0.1, -0.05) is 19.3 Å². The average molecular weight is 255 g/mol. The van der Waals surface area contributed by atoms with Crippen LogP contribution in [-0.4, -0.2) is 36.3 Å². The maximum Gasteiger partial charge on any atom is 0.0687 e. The molecule has 1 saturated carbocycles. The number of nitrogens with one attached hydrogen (secondary N) is 1. The predicted octanol–water partition coefficient (Wildman–Crippen LogP) is 2.82. The maximum atomic E-state index is 6.39. The molecule has 1 aliphatic carbocycles. The molecule has 0 amide bonds. The summed E-state index contributed by atoms with van der Waals surface area (Å²) in [6.45, 7) is 2.48. The van der Waals surface area contributed by atoms with Crippen LogP contribution in [0.1, 0.15) is 44.9 Å². The van der Waals surface area contributed by atoms with Crippen LogP contribution in [0, 0.1) is 5.92 Å². The fraction of sp³-hybridized carbons (Fsp3) is 1.00. The zero-order valence-corrected chi connectivity index (χ0v) is 11.6. The van der Waals surface area contributed by atoms with E-state index in [1.54, 1.807) is 0 Å². The van der Waals surface area contributed by atoms with Gasteiger partial charge in [0.2, 0.25) is 0 Å². The minimum Gasteiger partial charge on any atom is -0.371 e. The molecule has 1 atom stereocenters. The number of hydrogen-bond donors (Lipinski definition) is 1. The van der Waals surface area contributed by atoms with E-state index in [4.69, 9.17) is 4.74 Å². The first-order valence-electron chi connectivity index (χ1n) is 7.33. The lowest BCUT2D eigenvalue weighted by molar-refractivity contribution is -0.0555. The highest BCUT2D eigenvalue weighted by Crippen LogP contribution is 2.42. The van der Waals surface area contributed by atoms with Gasteiger partial charge in [0.25, 0.3) is 0 Å². The summed E-state index contributed by atoms with van der Waals surface area (Å²) in [5.74, 6) is 3.50. The summed E-state index contributed by atoms with van der Waals surface area (Å²) in [5.41, 5.74) is 0.321. The van der Waals surface area contributed by atoms with Gasteiger partial charge in [0.15, 0.2) is 0 Å². The summed E-state index contributed by atoms with van der Waals surface area (Å²) in [4.78, 5) is 0. The summed E-state index contributed by atoms with van der Waals surface area (Å²) < 4.78 is 6.39. The number of rotatable bonds is 4. The topological polar surface area (TPSA) is 21.3 Å². The molecule has 0 radical (unpaired) electrons. The Morgan fingerprint density at radius 3 is 2.59 bits per heavy atom. The van der Waals surface area contributed by atoms with Crippen molar-refractivity contribution in [2.75, 3.05) is 24.6 Å². The molecule has 17 heavy (non-hydrogen) atoms. The van der Waals surface area contributed by atoms with Gasteiger partial charge in [-0.05, 0) is 50.4 Å². The number of thioether (sulfide) groups is 1. The Morgan fingerprint density at radius 2 is 1.88 bits per heavy atom. The van der Waals surface area contributed by atoms with Crippen molar-refractivity contribution in [3.05, 3.63) is 0 Å². The van der Waals surface area contributed by atoms with Crippen molar-refractivity contribution in [1.29, 1.82) is 0 Å². The van der Waals surface area contributed by atoms with Crippen LogP contribution in [0.3, 0.4) is 0 Å². The molecule has 2 heterocycles. The first-order valence-corrected chi connectivity index (χ1v) is 8.48. The Labute approximate surface area is 109 Å². The molecular weight excluding hydrogens is 230 g/mol. The fourth-order valence-corrected chi connectivity index (χ4v) is 4.61. The molecule has 2 aliphatic heterocycles. The van der Waals surface area contributed by atoms with Gasteiger partial charge in [-0.3, -0.25) is 0 Å². The highest BCUT2D eigenvalue weighted by molar-refractivity contribution is 7.99. The van der Waals surface area contributed by atoms with Crippen LogP contribution >= 0.6 is 11.8 Å². The van der Waals surface area contributed by atoms with E-state index < -0.39 is 0 Å². The highest BCUT2D eigenvalue weighted by atomic mass is 32.2. The monoisotopic (exact) mass is 255 g/mol. The first-order chi connectivity index (χ1) is 8.36. The second-order valence-corrected chi connectivity index (χ2v) is 7.16. The second-order valence-electron chi connectivity index (χ2n) is 6.08. The Hall–Kier alpha value is 0.270. The number of hydrogen-bond acceptors (Lipinski definition) is 3. The minimum atomic E-state index is 0.321. The molecule has 2 nitrogen and oxygen atoms in total. The zero-order valence-electron chi connectivity index (χ0n) is 10.7. The van der Waals surface area contributed by atoms with Crippen LogP contribution in [-0.2, 0) is 4.74 Å². The largest absolute Gasteiger partial charge is 0.371 e. The van der Waals surface area contributed by atoms with Crippen molar-refractivity contribution in [2.24, 2.45) is 5.92 Å². The quantitative estimate of drug-likeness (QED) is 0.834. The van der Waals surface area contributed by atoms with Crippen LogP contribution in [0.5, 0.6) is 0 Å². The van der Waals surface area contributed by atoms with Crippen molar-refractivity contribution in [2.45, 2.75) is 56.7 Å². The Balaban J connectivity index is 1.37. The Bertz CT molecular complexity index is 249. The highest BCUT2D eigenvalue weighted by Gasteiger charge is 2.40. The van der Waals surface area contributed by atoms with E-state index in [0.717, 1.165) is 5.92 Å². The standard InChI is InChI=1S/C14H25NOS/c1-2-5-14(6-3-1)7-4-13(16-14)11-17-10-12-8-15-9-12/h12-13,15H,1-11H2. The molecule has 2 saturated heterocycles. The summed E-state index contributed by atoms with van der Waals surface area (Å²) in [7, 11) is 0. The van der Waals surface area contributed by atoms with E-state index in [9.17, 15) is 0 Å². The van der Waals surface area contributed by atoms with Gasteiger partial charge in [0, 0.05) is 5.75 Å². The average Bonchev–Trinajstić information content (AvgIpc) is 2.66. The molecule has 98 valence electrons. The molecule has 3 heteroatoms. The third kappa shape index (κ3) is 2.99. The van der Waals surface area contributed by atoms with E-state index in [-0.39, 0.29) is 0 Å². The molecule has 1 N–H and O–H groups in total. The normalized spacial score (nSPS) is 32.8. The van der Waals surface area contributed by atoms with Gasteiger partial charge in [0.05, 0.1) is 11.7 Å². The van der Waals surface area contributed by atoms with Crippen LogP contribution in [0.2, 0.25) is 0 Å². The van der Waals surface area contributed by atoms with Crippen molar-refractivity contribution in [3.8, 4) is 0 Å². The summed E-state index contributed by atoms with van der Waals surface area (Å²) >= 11 is 2.12. The Morgan fingerprint density at radius 1 is 1.06 bits per heavy atom. The molecular formula is C14H25NOS. The molecule has 0 aromatic carbocycles. The van der Waals surface area contributed by atoms with Crippen LogP contribution in [0.25, 0.3) is 0 Å². The van der Waals surface area contributed by atoms with Gasteiger partial charge in [0.1, 0.15) is 0 Å². The fourth-order valence-electron chi connectivity index (χ4n) is 3.41. The van der Waals surface area contributed by atoms with Crippen molar-refractivity contribution in [3.63, 3.8) is 0 Å². The second kappa shape index (κ2) is 5.50. The van der Waals surface area contributed by atoms with Gasteiger partial charge in [-0.25, -0.2) is 0 Å². The van der Waals surface area contributed by atoms with E-state index >= 15 is 0 Å². The van der Waals surface area contributed by atoms with Gasteiger partial charge in [-0.15, -0.1) is 0 Å². The van der Waals surface area contributed by atoms with Crippen molar-refractivity contribution < 1.29 is 4.74 Å². The first kappa shape index (κ1) is 12.3. The molecule has 3 fully saturated rings. The summed E-state index contributed by atoms with van der Waals surface area (Å²) in [6.07, 6.45) is 10.1. The van der Waals surface area contributed by atoms with Crippen LogP contribution in [0.4, 0.5) is 0 Å². The molecule has 1 unspecified atom stereocenters. The lowest BCUT2D eigenvalue weighted by atomic mass is 9.83. The van der Waals surface area contributed by atoms with Gasteiger partial charge in [-0.2, -0.15) is 11.8 Å². The third-order valence-corrected chi connectivity index (χ3v) is 5.94.